The van der Waals surface area contributed by atoms with Gasteiger partial charge in [-0.1, -0.05) is 298 Å². The molecule has 0 saturated heterocycles. The van der Waals surface area contributed by atoms with Crippen molar-refractivity contribution in [2.75, 3.05) is 6.61 Å². The van der Waals surface area contributed by atoms with Crippen LogP contribution in [0, 0.1) is 0 Å². The first-order valence-corrected chi connectivity index (χ1v) is 23.8. The van der Waals surface area contributed by atoms with E-state index in [1.54, 1.807) is 0 Å². The van der Waals surface area contributed by atoms with Gasteiger partial charge in [-0.2, -0.15) is 0 Å². The smallest absolute Gasteiger partial charge is 0.288 e. The van der Waals surface area contributed by atoms with E-state index in [-0.39, 0.29) is 0 Å². The minimum absolute atomic E-state index is 0.432. The average molecular weight is 1410 g/mol. The second-order valence-corrected chi connectivity index (χ2v) is 36.6. The highest BCUT2D eigenvalue weighted by Crippen LogP contribution is 2.74. The first kappa shape index (κ1) is 39.5. The number of alkyl halides is 13. The molecule has 0 N–H and O–H groups in total. The molecule has 3 rings (SSSR count). The molecule has 0 amide bonds. The second-order valence-electron chi connectivity index (χ2n) is 8.88. The lowest BCUT2D eigenvalue weighted by Crippen LogP contribution is -2.69. The molecule has 0 spiro atoms. The van der Waals surface area contributed by atoms with E-state index >= 15 is 0 Å². The van der Waals surface area contributed by atoms with E-state index in [9.17, 15) is 0 Å². The molecule has 0 atom stereocenters. The molecule has 0 radical (unpaired) electrons. The number of hydrogen-bond donors (Lipinski definition) is 0. The van der Waals surface area contributed by atoms with Gasteiger partial charge in [0.1, 0.15) is 16.2 Å². The Morgan fingerprint density at radius 2 is 0.756 bits per heavy atom. The van der Waals surface area contributed by atoms with Crippen LogP contribution < -0.4 is 15.6 Å². The average Bonchev–Trinajstić information content (AvgIpc) is 2.91. The summed E-state index contributed by atoms with van der Waals surface area (Å²) < 4.78 is 2.05. The molecule has 1 nitrogen and oxygen atoms in total. The maximum absolute atomic E-state index is 7.18. The molecular weight excluding hydrogens is 1400 g/mol. The van der Waals surface area contributed by atoms with Crippen LogP contribution in [0.25, 0.3) is 0 Å². The molecule has 0 saturated carbocycles. The summed E-state index contributed by atoms with van der Waals surface area (Å²) in [5, 5.41) is 3.54. The third-order valence-corrected chi connectivity index (χ3v) is 35.5. The van der Waals surface area contributed by atoms with Gasteiger partial charge in [0.05, 0.1) is 0 Å². The van der Waals surface area contributed by atoms with Gasteiger partial charge in [-0.15, -0.1) is 0 Å². The van der Waals surface area contributed by atoms with Crippen molar-refractivity contribution in [2.45, 2.75) is 24.7 Å². The zero-order valence-electron chi connectivity index (χ0n) is 20.4. The Bertz CT molecular complexity index is 1180. The van der Waals surface area contributed by atoms with Crippen molar-refractivity contribution >= 4 is 231 Å². The van der Waals surface area contributed by atoms with Gasteiger partial charge in [0.15, 0.2) is 2.14 Å². The quantitative estimate of drug-likeness (QED) is 0.106. The normalized spacial score (nSPS) is 14.3. The molecule has 15 heteroatoms. The van der Waals surface area contributed by atoms with Crippen LogP contribution in [-0.4, -0.2) is 33.2 Å². The second kappa shape index (κ2) is 15.3. The summed E-state index contributed by atoms with van der Waals surface area (Å²) in [6.07, 6.45) is 0.555. The van der Waals surface area contributed by atoms with Crippen molar-refractivity contribution in [3.63, 3.8) is 0 Å². The molecule has 224 valence electrons. The van der Waals surface area contributed by atoms with Crippen LogP contribution in [0.4, 0.5) is 0 Å². The molecule has 0 unspecified atom stereocenters. The van der Waals surface area contributed by atoms with Gasteiger partial charge in [-0.05, 0) is 22.0 Å². The van der Waals surface area contributed by atoms with E-state index in [1.807, 2.05) is 18.2 Å². The molecular formula is C26H19Br13OSi. The van der Waals surface area contributed by atoms with Crippen LogP contribution >= 0.6 is 207 Å². The summed E-state index contributed by atoms with van der Waals surface area (Å²) in [5.41, 5.74) is 0. The lowest BCUT2D eigenvalue weighted by Gasteiger charge is -2.54. The van der Waals surface area contributed by atoms with Gasteiger partial charge >= 0.3 is 0 Å². The third kappa shape index (κ3) is 7.95. The van der Waals surface area contributed by atoms with Crippen LogP contribution in [0.3, 0.4) is 0 Å². The minimum Gasteiger partial charge on any atom is -0.404 e. The van der Waals surface area contributed by atoms with E-state index in [0.717, 1.165) is 0 Å². The summed E-state index contributed by atoms with van der Waals surface area (Å²) in [5.74, 6) is 0. The number of benzene rings is 3. The Morgan fingerprint density at radius 3 is 1.07 bits per heavy atom. The SMILES string of the molecule is BrC(Br)(Br)C(Br)(Br)C(Br)(Br)C(Br)(Br)C(Br)(Br)C(Br)(Br)CCO[Si](c1ccccc1)(c1ccccc1)c1ccccc1. The van der Waals surface area contributed by atoms with E-state index in [1.165, 1.54) is 15.6 Å². The fourth-order valence-electron chi connectivity index (χ4n) is 4.06. The van der Waals surface area contributed by atoms with E-state index in [2.05, 4.69) is 280 Å². The van der Waals surface area contributed by atoms with E-state index in [4.69, 9.17) is 4.43 Å². The Morgan fingerprint density at radius 1 is 0.439 bits per heavy atom. The van der Waals surface area contributed by atoms with Crippen molar-refractivity contribution in [3.05, 3.63) is 91.0 Å². The summed E-state index contributed by atoms with van der Waals surface area (Å²) in [6, 6.07) is 31.6. The zero-order chi connectivity index (χ0) is 31.0. The summed E-state index contributed by atoms with van der Waals surface area (Å²) in [4.78, 5) is 0. The Hall–Kier alpha value is 4.08. The summed E-state index contributed by atoms with van der Waals surface area (Å²) >= 11 is 50.1. The summed E-state index contributed by atoms with van der Waals surface area (Å²) in [7, 11) is -2.87. The number of hydrogen-bond acceptors (Lipinski definition) is 1. The Labute approximate surface area is 351 Å². The van der Waals surface area contributed by atoms with Crippen LogP contribution in [-0.2, 0) is 4.43 Å². The van der Waals surface area contributed by atoms with Crippen molar-refractivity contribution in [1.29, 1.82) is 0 Å². The van der Waals surface area contributed by atoms with Crippen LogP contribution in [0.15, 0.2) is 91.0 Å². The highest BCUT2D eigenvalue weighted by atomic mass is 80.0. The molecule has 0 bridgehead atoms. The first-order chi connectivity index (χ1) is 18.8. The lowest BCUT2D eigenvalue weighted by atomic mass is 10.1. The van der Waals surface area contributed by atoms with Crippen molar-refractivity contribution in [3.8, 4) is 0 Å². The van der Waals surface area contributed by atoms with Crippen molar-refractivity contribution in [1.82, 2.24) is 0 Å². The Kier molecular flexibility index (Phi) is 14.8. The minimum atomic E-state index is -2.87. The van der Waals surface area contributed by atoms with Crippen molar-refractivity contribution in [2.24, 2.45) is 0 Å². The van der Waals surface area contributed by atoms with Gasteiger partial charge in [-0.3, -0.25) is 0 Å². The zero-order valence-corrected chi connectivity index (χ0v) is 42.0. The van der Waals surface area contributed by atoms with Gasteiger partial charge in [0.2, 0.25) is 0 Å². The molecule has 3 aromatic carbocycles. The van der Waals surface area contributed by atoms with E-state index in [0.29, 0.717) is 13.0 Å². The van der Waals surface area contributed by atoms with Crippen LogP contribution in [0.1, 0.15) is 6.42 Å². The maximum Gasteiger partial charge on any atom is 0.288 e. The van der Waals surface area contributed by atoms with Crippen molar-refractivity contribution < 1.29 is 4.43 Å². The molecule has 0 aromatic heterocycles. The summed E-state index contributed by atoms with van der Waals surface area (Å²) in [6.45, 7) is 0.432. The molecule has 0 aliphatic heterocycles. The standard InChI is InChI=1S/C26H19Br13OSi/c27-21(28,22(29,30)23(31,32)24(33,34)25(35,36)26(37,38)39)16-17-40-41(18-10-4-1-5-11-18,19-12-6-2-7-13-19)20-14-8-3-9-15-20/h1-15H,16-17H2. The Balaban J connectivity index is 2.03. The third-order valence-electron chi connectivity index (χ3n) is 6.27. The fourth-order valence-corrected chi connectivity index (χ4v) is 18.6. The molecule has 0 aliphatic rings. The van der Waals surface area contributed by atoms with E-state index < -0.39 is 26.6 Å². The predicted octanol–water partition coefficient (Wildman–Crippen LogP) is 12.3. The van der Waals surface area contributed by atoms with Gasteiger partial charge in [0, 0.05) is 6.61 Å². The fraction of sp³-hybridized carbons (Fsp3) is 0.308. The van der Waals surface area contributed by atoms with Gasteiger partial charge in [0.25, 0.3) is 8.32 Å². The monoisotopic (exact) mass is 1400 g/mol. The van der Waals surface area contributed by atoms with Crippen LogP contribution in [0.2, 0.25) is 0 Å². The lowest BCUT2D eigenvalue weighted by molar-refractivity contribution is 0.309. The van der Waals surface area contributed by atoms with Gasteiger partial charge < -0.3 is 4.43 Å². The predicted molar refractivity (Wildman–Crippen MR) is 227 cm³/mol. The largest absolute Gasteiger partial charge is 0.404 e. The topological polar surface area (TPSA) is 9.23 Å². The number of halogens is 13. The van der Waals surface area contributed by atoms with Crippen LogP contribution in [0.5, 0.6) is 0 Å². The molecule has 0 fully saturated rings. The highest BCUT2D eigenvalue weighted by Gasteiger charge is 2.72. The molecule has 3 aromatic rings. The molecule has 0 aliphatic carbocycles. The number of rotatable bonds is 11. The molecule has 41 heavy (non-hydrogen) atoms. The first-order valence-electron chi connectivity index (χ1n) is 11.5. The van der Waals surface area contributed by atoms with Gasteiger partial charge in [-0.25, -0.2) is 0 Å². The molecule has 0 heterocycles. The highest BCUT2D eigenvalue weighted by molar-refractivity contribution is 9.42. The maximum atomic E-state index is 7.18.